The van der Waals surface area contributed by atoms with Crippen LogP contribution < -0.4 is 19.7 Å². The first kappa shape index (κ1) is 39.2. The van der Waals surface area contributed by atoms with E-state index in [0.29, 0.717) is 24.3 Å². The second-order valence-electron chi connectivity index (χ2n) is 16.1. The van der Waals surface area contributed by atoms with E-state index < -0.39 is 25.9 Å². The molecule has 13 heteroatoms. The molecule has 300 valence electrons. The molecule has 2 amide bonds. The molecule has 5 aromatic rings. The molecule has 12 nitrogen and oxygen atoms in total. The molecule has 1 spiro atoms. The number of benzene rings is 4. The van der Waals surface area contributed by atoms with Gasteiger partial charge in [0, 0.05) is 36.8 Å². The third-order valence-electron chi connectivity index (χ3n) is 12.4. The molecule has 2 saturated heterocycles. The number of carbonyl (C=O) groups is 3. The number of rotatable bonds is 13. The quantitative estimate of drug-likeness (QED) is 0.0879. The number of para-hydroxylation sites is 1. The molecule has 2 fully saturated rings. The van der Waals surface area contributed by atoms with E-state index in [4.69, 9.17) is 14.2 Å². The number of fused-ring (bicyclic) bond motifs is 2. The predicted octanol–water partition coefficient (Wildman–Crippen LogP) is 5.89. The van der Waals surface area contributed by atoms with Crippen LogP contribution in [0, 0.1) is 5.92 Å². The van der Waals surface area contributed by atoms with Crippen molar-refractivity contribution in [3.8, 4) is 5.75 Å². The van der Waals surface area contributed by atoms with Crippen molar-refractivity contribution in [3.05, 3.63) is 132 Å². The number of aliphatic hydroxyl groups excluding tert-OH is 1. The van der Waals surface area contributed by atoms with Gasteiger partial charge >= 0.3 is 5.97 Å². The average Bonchev–Trinajstić information content (AvgIpc) is 3.88. The zero-order valence-electron chi connectivity index (χ0n) is 33.4. The van der Waals surface area contributed by atoms with Crippen molar-refractivity contribution >= 4 is 42.4 Å². The summed E-state index contributed by atoms with van der Waals surface area (Å²) >= 11 is 0. The van der Waals surface area contributed by atoms with Crippen molar-refractivity contribution in [2.45, 2.75) is 82.3 Å². The van der Waals surface area contributed by atoms with Crippen LogP contribution in [0.25, 0.3) is 0 Å². The van der Waals surface area contributed by atoms with Gasteiger partial charge in [-0.2, -0.15) is 0 Å². The smallest absolute Gasteiger partial charge is 0.304 e. The van der Waals surface area contributed by atoms with Crippen LogP contribution in [-0.4, -0.2) is 72.0 Å². The summed E-state index contributed by atoms with van der Waals surface area (Å²) < 4.78 is 20.0. The Bertz CT molecular complexity index is 2320. The van der Waals surface area contributed by atoms with Crippen molar-refractivity contribution in [2.24, 2.45) is 5.92 Å². The van der Waals surface area contributed by atoms with Crippen LogP contribution in [0.15, 0.2) is 109 Å². The molecule has 3 aliphatic rings. The number of amides is 2. The third kappa shape index (κ3) is 6.80. The van der Waals surface area contributed by atoms with Crippen LogP contribution in [0.1, 0.15) is 55.0 Å². The number of β-lactam (4-membered cyclic amide) rings is 1. The molecule has 1 aromatic heterocycles. The number of carbonyl (C=O) groups excluding carboxylic acids is 3. The van der Waals surface area contributed by atoms with Gasteiger partial charge in [-0.25, -0.2) is 0 Å². The van der Waals surface area contributed by atoms with Crippen molar-refractivity contribution in [2.75, 3.05) is 23.5 Å². The number of hydrogen-bond acceptors (Lipinski definition) is 9. The van der Waals surface area contributed by atoms with Gasteiger partial charge in [-0.3, -0.25) is 24.0 Å². The van der Waals surface area contributed by atoms with Crippen molar-refractivity contribution in [1.29, 1.82) is 0 Å². The summed E-state index contributed by atoms with van der Waals surface area (Å²) in [7, 11) is -0.731. The molecule has 3 aliphatic heterocycles. The predicted molar refractivity (Wildman–Crippen MR) is 221 cm³/mol. The molecule has 6 atom stereocenters. The van der Waals surface area contributed by atoms with E-state index in [1.54, 1.807) is 7.11 Å². The lowest BCUT2D eigenvalue weighted by molar-refractivity contribution is -0.154. The second-order valence-corrected chi connectivity index (χ2v) is 20.8. The number of methoxy groups -OCH3 is 1. The standard InChI is InChI=1S/C45H49N5O7Si/c1-29-43(58(4,5)35-20-18-34(55-3)19-21-35)40(22-23-48-27-38(46-47-48)36(28-51)32-13-7-6-8-14-32)57-45(29)37-16-9-10-17-39(37)49(44(45)54)26-31-12-11-15-33(24-31)50-41(53)25-42(50)56-30(2)52/h6-21,24,27,29,36,40,42-43,51H,22-23,25-26,28H2,1-5H3/t29-,36?,40+,42?,43-,45+/m0/s1. The van der Waals surface area contributed by atoms with Gasteiger partial charge in [0.15, 0.2) is 11.8 Å². The number of aryl methyl sites for hydroxylation is 1. The fourth-order valence-corrected chi connectivity index (χ4v) is 13.6. The highest BCUT2D eigenvalue weighted by molar-refractivity contribution is 6.91. The number of hydrogen-bond donors (Lipinski definition) is 1. The first-order valence-electron chi connectivity index (χ1n) is 19.8. The van der Waals surface area contributed by atoms with Gasteiger partial charge in [0.25, 0.3) is 5.91 Å². The van der Waals surface area contributed by atoms with Crippen LogP contribution >= 0.6 is 0 Å². The Morgan fingerprint density at radius 3 is 2.45 bits per heavy atom. The molecule has 4 heterocycles. The van der Waals surface area contributed by atoms with E-state index in [-0.39, 0.29) is 54.9 Å². The fourth-order valence-electron chi connectivity index (χ4n) is 9.56. The Balaban J connectivity index is 1.12. The van der Waals surface area contributed by atoms with Gasteiger partial charge in [0.2, 0.25) is 5.91 Å². The zero-order chi connectivity index (χ0) is 40.8. The second kappa shape index (κ2) is 15.6. The average molecular weight is 800 g/mol. The summed E-state index contributed by atoms with van der Waals surface area (Å²) in [5, 5.41) is 20.5. The van der Waals surface area contributed by atoms with Crippen LogP contribution in [0.5, 0.6) is 5.75 Å². The summed E-state index contributed by atoms with van der Waals surface area (Å²) in [6, 6.07) is 33.5. The lowest BCUT2D eigenvalue weighted by atomic mass is 9.82. The molecule has 58 heavy (non-hydrogen) atoms. The number of ether oxygens (including phenoxy) is 3. The van der Waals surface area contributed by atoms with E-state index in [2.05, 4.69) is 42.5 Å². The summed E-state index contributed by atoms with van der Waals surface area (Å²) in [6.07, 6.45) is 1.67. The molecule has 0 bridgehead atoms. The number of aliphatic hydroxyl groups is 1. The van der Waals surface area contributed by atoms with E-state index >= 15 is 4.79 Å². The highest BCUT2D eigenvalue weighted by Crippen LogP contribution is 2.60. The van der Waals surface area contributed by atoms with Crippen LogP contribution in [0.4, 0.5) is 11.4 Å². The van der Waals surface area contributed by atoms with Gasteiger partial charge in [-0.15, -0.1) is 5.10 Å². The molecule has 0 aliphatic carbocycles. The molecule has 0 radical (unpaired) electrons. The van der Waals surface area contributed by atoms with Gasteiger partial charge in [0.1, 0.15) is 5.75 Å². The SMILES string of the molecule is COc1ccc([Si](C)(C)[C@@H]2[C@@H](CCn3cc(C(CO)c4ccccc4)nn3)O[C@]3(C(=O)N(Cc4cccc(N5C(=O)CC5OC(C)=O)c4)c4ccccc43)[C@H]2C)cc1. The Morgan fingerprint density at radius 2 is 1.74 bits per heavy atom. The maximum absolute atomic E-state index is 15.3. The highest BCUT2D eigenvalue weighted by atomic mass is 28.3. The van der Waals surface area contributed by atoms with Crippen molar-refractivity contribution in [1.82, 2.24) is 15.0 Å². The maximum atomic E-state index is 15.3. The molecule has 0 saturated carbocycles. The van der Waals surface area contributed by atoms with Gasteiger partial charge in [0.05, 0.1) is 58.2 Å². The summed E-state index contributed by atoms with van der Waals surface area (Å²) in [5.41, 5.74) is 3.51. The number of anilines is 2. The molecule has 1 N–H and O–H groups in total. The van der Waals surface area contributed by atoms with E-state index in [0.717, 1.165) is 28.1 Å². The van der Waals surface area contributed by atoms with E-state index in [9.17, 15) is 14.7 Å². The Kier molecular flexibility index (Phi) is 10.6. The first-order valence-corrected chi connectivity index (χ1v) is 22.9. The molecular formula is C45H49N5O7Si. The first-order chi connectivity index (χ1) is 28.0. The number of nitrogens with zero attached hydrogens (tertiary/aromatic N) is 5. The minimum Gasteiger partial charge on any atom is -0.497 e. The van der Waals surface area contributed by atoms with Gasteiger partial charge in [-0.1, -0.05) is 103 Å². The van der Waals surface area contributed by atoms with Crippen molar-refractivity contribution in [3.63, 3.8) is 0 Å². The largest absolute Gasteiger partial charge is 0.497 e. The normalized spacial score (nSPS) is 23.2. The minimum absolute atomic E-state index is 0.0225. The van der Waals surface area contributed by atoms with Crippen LogP contribution in [0.3, 0.4) is 0 Å². The third-order valence-corrected chi connectivity index (χ3v) is 16.8. The molecule has 4 aromatic carbocycles. The van der Waals surface area contributed by atoms with E-state index in [1.165, 1.54) is 17.0 Å². The minimum atomic E-state index is -2.40. The summed E-state index contributed by atoms with van der Waals surface area (Å²) in [6.45, 7) is 8.89. The summed E-state index contributed by atoms with van der Waals surface area (Å²) in [5.74, 6) is -0.406. The lowest BCUT2D eigenvalue weighted by Crippen LogP contribution is -2.54. The monoisotopic (exact) mass is 799 g/mol. The van der Waals surface area contributed by atoms with Gasteiger partial charge < -0.3 is 24.2 Å². The van der Waals surface area contributed by atoms with Gasteiger partial charge in [-0.05, 0) is 53.4 Å². The molecule has 2 unspecified atom stereocenters. The topological polar surface area (TPSA) is 136 Å². The summed E-state index contributed by atoms with van der Waals surface area (Å²) in [4.78, 5) is 43.0. The lowest BCUT2D eigenvalue weighted by Gasteiger charge is -2.39. The Labute approximate surface area is 339 Å². The molecule has 8 rings (SSSR count). The fraction of sp³-hybridized carbons (Fsp3) is 0.356. The Hall–Kier alpha value is -5.63. The number of aromatic nitrogens is 3. The Morgan fingerprint density at radius 1 is 1.00 bits per heavy atom. The molecular weight excluding hydrogens is 751 g/mol. The zero-order valence-corrected chi connectivity index (χ0v) is 34.4. The number of esters is 1. The van der Waals surface area contributed by atoms with E-state index in [1.807, 2.05) is 107 Å². The highest BCUT2D eigenvalue weighted by Gasteiger charge is 2.66. The van der Waals surface area contributed by atoms with Crippen molar-refractivity contribution < 1.29 is 33.7 Å². The van der Waals surface area contributed by atoms with Crippen LogP contribution in [-0.2, 0) is 42.5 Å². The van der Waals surface area contributed by atoms with Crippen LogP contribution in [0.2, 0.25) is 18.6 Å². The maximum Gasteiger partial charge on any atom is 0.304 e.